The molecule has 25 heavy (non-hydrogen) atoms. The fourth-order valence-electron chi connectivity index (χ4n) is 2.55. The molecule has 2 aromatic heterocycles. The number of nitrogens with zero attached hydrogens (tertiary/aromatic N) is 3. The van der Waals surface area contributed by atoms with E-state index in [0.717, 1.165) is 29.3 Å². The lowest BCUT2D eigenvalue weighted by Gasteiger charge is -2.06. The molecule has 0 atom stereocenters. The average molecular weight is 356 g/mol. The molecule has 7 nitrogen and oxygen atoms in total. The number of hydrogen-bond acceptors (Lipinski definition) is 6. The largest absolute Gasteiger partial charge is 0.454 e. The highest BCUT2D eigenvalue weighted by Crippen LogP contribution is 2.37. The van der Waals surface area contributed by atoms with Crippen LogP contribution in [0.2, 0.25) is 0 Å². The van der Waals surface area contributed by atoms with Crippen molar-refractivity contribution in [3.05, 3.63) is 41.5 Å². The first kappa shape index (κ1) is 15.6. The van der Waals surface area contributed by atoms with Gasteiger partial charge < -0.3 is 14.8 Å². The van der Waals surface area contributed by atoms with Crippen LogP contribution in [0, 0.1) is 0 Å². The van der Waals surface area contributed by atoms with Gasteiger partial charge in [0, 0.05) is 18.2 Å². The van der Waals surface area contributed by atoms with E-state index in [-0.39, 0.29) is 12.7 Å². The summed E-state index contributed by atoms with van der Waals surface area (Å²) in [6.45, 7) is 3.05. The molecule has 0 radical (unpaired) electrons. The Bertz CT molecular complexity index is 918. The van der Waals surface area contributed by atoms with Crippen molar-refractivity contribution in [2.75, 3.05) is 12.1 Å². The zero-order chi connectivity index (χ0) is 17.2. The Balaban J connectivity index is 1.52. The monoisotopic (exact) mass is 356 g/mol. The van der Waals surface area contributed by atoms with Crippen LogP contribution in [0.25, 0.3) is 10.6 Å². The Morgan fingerprint density at radius 2 is 2.20 bits per heavy atom. The Labute approximate surface area is 148 Å². The summed E-state index contributed by atoms with van der Waals surface area (Å²) in [5.41, 5.74) is 0.893. The van der Waals surface area contributed by atoms with Gasteiger partial charge in [0.2, 0.25) is 6.79 Å². The number of hydrogen-bond donors (Lipinski definition) is 1. The second-order valence-corrected chi connectivity index (χ2v) is 6.52. The summed E-state index contributed by atoms with van der Waals surface area (Å²) in [6.07, 6.45) is 4.20. The first-order valence-corrected chi connectivity index (χ1v) is 8.75. The van der Waals surface area contributed by atoms with Crippen molar-refractivity contribution >= 4 is 23.1 Å². The molecular formula is C17H16N4O3S. The van der Waals surface area contributed by atoms with Gasteiger partial charge in [-0.1, -0.05) is 6.92 Å². The van der Waals surface area contributed by atoms with Crippen LogP contribution in [-0.4, -0.2) is 27.5 Å². The Morgan fingerprint density at radius 3 is 3.08 bits per heavy atom. The Morgan fingerprint density at radius 1 is 1.32 bits per heavy atom. The minimum absolute atomic E-state index is 0.192. The molecule has 0 bridgehead atoms. The molecule has 0 saturated carbocycles. The van der Waals surface area contributed by atoms with Gasteiger partial charge in [0.1, 0.15) is 15.7 Å². The quantitative estimate of drug-likeness (QED) is 0.758. The summed E-state index contributed by atoms with van der Waals surface area (Å²) in [6, 6.07) is 7.42. The highest BCUT2D eigenvalue weighted by atomic mass is 32.1. The zero-order valence-electron chi connectivity index (χ0n) is 13.6. The van der Waals surface area contributed by atoms with Crippen molar-refractivity contribution in [2.24, 2.45) is 0 Å². The van der Waals surface area contributed by atoms with E-state index in [9.17, 15) is 4.79 Å². The van der Waals surface area contributed by atoms with E-state index in [1.807, 2.05) is 18.2 Å². The number of nitrogens with one attached hydrogen (secondary N) is 1. The molecule has 128 valence electrons. The minimum Gasteiger partial charge on any atom is -0.454 e. The summed E-state index contributed by atoms with van der Waals surface area (Å²) < 4.78 is 12.5. The van der Waals surface area contributed by atoms with Gasteiger partial charge >= 0.3 is 0 Å². The van der Waals surface area contributed by atoms with Crippen LogP contribution >= 0.6 is 11.3 Å². The van der Waals surface area contributed by atoms with Gasteiger partial charge in [-0.3, -0.25) is 4.79 Å². The SMILES string of the molecule is CCCn1nccc1NC(=O)c1cnc(-c2ccc3c(c2)OCO3)s1. The molecule has 4 rings (SSSR count). The number of ether oxygens (including phenoxy) is 2. The summed E-state index contributed by atoms with van der Waals surface area (Å²) >= 11 is 1.33. The maximum absolute atomic E-state index is 12.5. The predicted octanol–water partition coefficient (Wildman–Crippen LogP) is 3.40. The lowest BCUT2D eigenvalue weighted by molar-refractivity contribution is 0.102. The van der Waals surface area contributed by atoms with Crippen LogP contribution in [0.15, 0.2) is 36.7 Å². The van der Waals surface area contributed by atoms with E-state index < -0.39 is 0 Å². The van der Waals surface area contributed by atoms with Crippen molar-refractivity contribution in [1.29, 1.82) is 0 Å². The number of thiazole rings is 1. The first-order chi connectivity index (χ1) is 12.2. The van der Waals surface area contributed by atoms with Crippen LogP contribution in [0.4, 0.5) is 5.82 Å². The molecule has 0 fully saturated rings. The van der Waals surface area contributed by atoms with E-state index in [1.165, 1.54) is 11.3 Å². The number of anilines is 1. The summed E-state index contributed by atoms with van der Waals surface area (Å²) in [5.74, 6) is 1.91. The third-order valence-corrected chi connectivity index (χ3v) is 4.79. The number of rotatable bonds is 5. The highest BCUT2D eigenvalue weighted by Gasteiger charge is 2.17. The lowest BCUT2D eigenvalue weighted by atomic mass is 10.2. The molecule has 0 unspecified atom stereocenters. The van der Waals surface area contributed by atoms with Crippen LogP contribution in [0.3, 0.4) is 0 Å². The number of benzene rings is 1. The van der Waals surface area contributed by atoms with Gasteiger partial charge in [0.25, 0.3) is 5.91 Å². The maximum Gasteiger partial charge on any atom is 0.268 e. The molecule has 0 aliphatic carbocycles. The summed E-state index contributed by atoms with van der Waals surface area (Å²) in [7, 11) is 0. The Kier molecular flexibility index (Phi) is 4.10. The van der Waals surface area contributed by atoms with Gasteiger partial charge in [-0.05, 0) is 24.6 Å². The fourth-order valence-corrected chi connectivity index (χ4v) is 3.36. The van der Waals surface area contributed by atoms with Crippen molar-refractivity contribution in [2.45, 2.75) is 19.9 Å². The number of aromatic nitrogens is 3. The second-order valence-electron chi connectivity index (χ2n) is 5.49. The van der Waals surface area contributed by atoms with Gasteiger partial charge in [-0.2, -0.15) is 5.10 Å². The standard InChI is InChI=1S/C17H16N4O3S/c1-2-7-21-15(5-6-19-21)20-16(22)14-9-18-17(25-14)11-3-4-12-13(8-11)24-10-23-12/h3-6,8-9H,2,7,10H2,1H3,(H,20,22). The van der Waals surface area contributed by atoms with Crippen molar-refractivity contribution in [1.82, 2.24) is 14.8 Å². The Hall–Kier alpha value is -2.87. The molecule has 3 aromatic rings. The lowest BCUT2D eigenvalue weighted by Crippen LogP contribution is -2.14. The van der Waals surface area contributed by atoms with E-state index >= 15 is 0 Å². The normalized spacial score (nSPS) is 12.4. The van der Waals surface area contributed by atoms with Crippen molar-refractivity contribution < 1.29 is 14.3 Å². The highest BCUT2D eigenvalue weighted by molar-refractivity contribution is 7.17. The fraction of sp³-hybridized carbons (Fsp3) is 0.235. The summed E-state index contributed by atoms with van der Waals surface area (Å²) in [4.78, 5) is 17.4. The van der Waals surface area contributed by atoms with E-state index in [2.05, 4.69) is 22.3 Å². The molecule has 1 aromatic carbocycles. The molecule has 1 aliphatic heterocycles. The van der Waals surface area contributed by atoms with Crippen LogP contribution in [0.1, 0.15) is 23.0 Å². The molecule has 1 amide bonds. The topological polar surface area (TPSA) is 78.3 Å². The third kappa shape index (κ3) is 3.08. The molecule has 1 N–H and O–H groups in total. The summed E-state index contributed by atoms with van der Waals surface area (Å²) in [5, 5.41) is 7.84. The third-order valence-electron chi connectivity index (χ3n) is 3.74. The minimum atomic E-state index is -0.192. The van der Waals surface area contributed by atoms with Crippen LogP contribution < -0.4 is 14.8 Å². The average Bonchev–Trinajstić information content (AvgIpc) is 3.35. The van der Waals surface area contributed by atoms with E-state index in [4.69, 9.17) is 9.47 Å². The van der Waals surface area contributed by atoms with Crippen LogP contribution in [0.5, 0.6) is 11.5 Å². The zero-order valence-corrected chi connectivity index (χ0v) is 14.4. The van der Waals surface area contributed by atoms with Gasteiger partial charge in [-0.15, -0.1) is 11.3 Å². The van der Waals surface area contributed by atoms with E-state index in [1.54, 1.807) is 23.1 Å². The number of carbonyl (C=O) groups is 1. The molecule has 1 aliphatic rings. The molecule has 3 heterocycles. The molecule has 0 spiro atoms. The van der Waals surface area contributed by atoms with Crippen LogP contribution in [-0.2, 0) is 6.54 Å². The van der Waals surface area contributed by atoms with Gasteiger partial charge in [0.15, 0.2) is 11.5 Å². The van der Waals surface area contributed by atoms with Crippen molar-refractivity contribution in [3.63, 3.8) is 0 Å². The second kappa shape index (κ2) is 6.56. The van der Waals surface area contributed by atoms with Gasteiger partial charge in [-0.25, -0.2) is 9.67 Å². The van der Waals surface area contributed by atoms with Crippen molar-refractivity contribution in [3.8, 4) is 22.1 Å². The maximum atomic E-state index is 12.5. The number of amides is 1. The first-order valence-electron chi connectivity index (χ1n) is 7.93. The number of carbonyl (C=O) groups excluding carboxylic acids is 1. The number of fused-ring (bicyclic) bond motifs is 1. The smallest absolute Gasteiger partial charge is 0.268 e. The molecular weight excluding hydrogens is 340 g/mol. The predicted molar refractivity (Wildman–Crippen MR) is 94.1 cm³/mol. The number of aryl methyl sites for hydroxylation is 1. The molecule has 0 saturated heterocycles. The van der Waals surface area contributed by atoms with Gasteiger partial charge in [0.05, 0.1) is 12.4 Å². The van der Waals surface area contributed by atoms with E-state index in [0.29, 0.717) is 16.4 Å². The molecule has 8 heteroatoms.